The quantitative estimate of drug-likeness (QED) is 0.614. The van der Waals surface area contributed by atoms with Crippen molar-refractivity contribution < 1.29 is 14.1 Å². The first kappa shape index (κ1) is 18.9. The summed E-state index contributed by atoms with van der Waals surface area (Å²) < 4.78 is 4.97. The Kier molecular flexibility index (Phi) is 6.05. The number of carbonyl (C=O) groups excluding carboxylic acids is 2. The van der Waals surface area contributed by atoms with E-state index < -0.39 is 5.91 Å². The number of hydrogen-bond acceptors (Lipinski definition) is 5. The first-order valence-electron chi connectivity index (χ1n) is 7.95. The number of carbonyl (C=O) groups is 2. The number of aromatic nitrogens is 2. The molecule has 27 heavy (non-hydrogen) atoms. The first-order chi connectivity index (χ1) is 13.0. The van der Waals surface area contributed by atoms with E-state index in [1.165, 1.54) is 6.07 Å². The van der Waals surface area contributed by atoms with Crippen LogP contribution in [-0.4, -0.2) is 35.0 Å². The molecule has 2 aromatic carbocycles. The molecule has 2 N–H and O–H groups in total. The van der Waals surface area contributed by atoms with E-state index in [1.807, 2.05) is 30.3 Å². The SMILES string of the molecule is O=C(NCCNC(=O)c1nc(-c2ccccc2)no1)c1ccc(Cl)c(Cl)c1. The first-order valence-corrected chi connectivity index (χ1v) is 8.71. The lowest BCUT2D eigenvalue weighted by atomic mass is 10.2. The normalized spacial score (nSPS) is 10.4. The molecule has 0 unspecified atom stereocenters. The van der Waals surface area contributed by atoms with Crippen molar-refractivity contribution in [2.45, 2.75) is 0 Å². The molecule has 1 aromatic heterocycles. The summed E-state index contributed by atoms with van der Waals surface area (Å²) in [5.74, 6) is -0.668. The van der Waals surface area contributed by atoms with Crippen LogP contribution >= 0.6 is 23.2 Å². The van der Waals surface area contributed by atoms with Gasteiger partial charge in [0.25, 0.3) is 5.91 Å². The second kappa shape index (κ2) is 8.66. The monoisotopic (exact) mass is 404 g/mol. The summed E-state index contributed by atoms with van der Waals surface area (Å²) in [6.45, 7) is 0.402. The summed E-state index contributed by atoms with van der Waals surface area (Å²) >= 11 is 11.7. The zero-order chi connectivity index (χ0) is 19.2. The lowest BCUT2D eigenvalue weighted by Crippen LogP contribution is -2.34. The molecule has 0 aliphatic heterocycles. The Bertz CT molecular complexity index is 960. The van der Waals surface area contributed by atoms with Gasteiger partial charge in [-0.2, -0.15) is 4.98 Å². The van der Waals surface area contributed by atoms with E-state index in [0.717, 1.165) is 5.56 Å². The fourth-order valence-corrected chi connectivity index (χ4v) is 2.49. The molecule has 2 amide bonds. The van der Waals surface area contributed by atoms with Crippen LogP contribution in [0, 0.1) is 0 Å². The van der Waals surface area contributed by atoms with Crippen LogP contribution in [-0.2, 0) is 0 Å². The zero-order valence-corrected chi connectivity index (χ0v) is 15.4. The summed E-state index contributed by atoms with van der Waals surface area (Å²) in [6, 6.07) is 13.7. The molecule has 3 rings (SSSR count). The number of nitrogens with zero attached hydrogens (tertiary/aromatic N) is 2. The zero-order valence-electron chi connectivity index (χ0n) is 13.9. The number of rotatable bonds is 6. The molecule has 0 aliphatic carbocycles. The molecule has 0 saturated heterocycles. The summed E-state index contributed by atoms with van der Waals surface area (Å²) in [7, 11) is 0. The molecule has 0 spiro atoms. The van der Waals surface area contributed by atoms with Gasteiger partial charge in [-0.25, -0.2) is 0 Å². The van der Waals surface area contributed by atoms with E-state index in [-0.39, 0.29) is 24.9 Å². The van der Waals surface area contributed by atoms with Gasteiger partial charge in [-0.15, -0.1) is 0 Å². The van der Waals surface area contributed by atoms with Crippen molar-refractivity contribution >= 4 is 35.0 Å². The van der Waals surface area contributed by atoms with Crippen molar-refractivity contribution in [3.8, 4) is 11.4 Å². The van der Waals surface area contributed by atoms with Crippen molar-refractivity contribution in [3.05, 3.63) is 70.0 Å². The third kappa shape index (κ3) is 4.84. The Balaban J connectivity index is 1.48. The van der Waals surface area contributed by atoms with Crippen LogP contribution in [0.2, 0.25) is 10.0 Å². The van der Waals surface area contributed by atoms with E-state index in [2.05, 4.69) is 20.8 Å². The molecule has 0 aliphatic rings. The Hall–Kier alpha value is -2.90. The van der Waals surface area contributed by atoms with Crippen molar-refractivity contribution in [2.75, 3.05) is 13.1 Å². The van der Waals surface area contributed by atoms with E-state index in [1.54, 1.807) is 12.1 Å². The van der Waals surface area contributed by atoms with Gasteiger partial charge in [0, 0.05) is 24.2 Å². The molecule has 0 radical (unpaired) electrons. The number of benzene rings is 2. The fraction of sp³-hybridized carbons (Fsp3) is 0.111. The molecule has 3 aromatic rings. The van der Waals surface area contributed by atoms with Crippen molar-refractivity contribution in [2.24, 2.45) is 0 Å². The number of hydrogen-bond donors (Lipinski definition) is 2. The fourth-order valence-electron chi connectivity index (χ4n) is 2.19. The van der Waals surface area contributed by atoms with Crippen LogP contribution in [0.4, 0.5) is 0 Å². The number of amides is 2. The average molecular weight is 405 g/mol. The van der Waals surface area contributed by atoms with Gasteiger partial charge >= 0.3 is 11.8 Å². The average Bonchev–Trinajstić information content (AvgIpc) is 3.18. The standard InChI is InChI=1S/C18H14Cl2N4O3/c19-13-7-6-12(10-14(13)20)16(25)21-8-9-22-17(26)18-23-15(24-27-18)11-4-2-1-3-5-11/h1-7,10H,8-9H2,(H,21,25)(H,22,26). The highest BCUT2D eigenvalue weighted by atomic mass is 35.5. The topological polar surface area (TPSA) is 97.1 Å². The smallest absolute Gasteiger partial charge is 0.316 e. The number of halogens is 2. The molecular weight excluding hydrogens is 391 g/mol. The minimum atomic E-state index is -0.520. The van der Waals surface area contributed by atoms with E-state index >= 15 is 0 Å². The van der Waals surface area contributed by atoms with E-state index in [0.29, 0.717) is 21.4 Å². The van der Waals surface area contributed by atoms with Gasteiger partial charge in [0.2, 0.25) is 5.82 Å². The van der Waals surface area contributed by atoms with Crippen LogP contribution in [0.3, 0.4) is 0 Å². The highest BCUT2D eigenvalue weighted by molar-refractivity contribution is 6.42. The lowest BCUT2D eigenvalue weighted by molar-refractivity contribution is 0.0898. The maximum Gasteiger partial charge on any atom is 0.316 e. The van der Waals surface area contributed by atoms with Gasteiger partial charge in [0.15, 0.2) is 0 Å². The molecule has 1 heterocycles. The Morgan fingerprint density at radius 3 is 2.33 bits per heavy atom. The van der Waals surface area contributed by atoms with Gasteiger partial charge in [0.05, 0.1) is 10.0 Å². The summed E-state index contributed by atoms with van der Waals surface area (Å²) in [5.41, 5.74) is 1.12. The van der Waals surface area contributed by atoms with Gasteiger partial charge in [-0.05, 0) is 18.2 Å². The Morgan fingerprint density at radius 1 is 0.926 bits per heavy atom. The maximum absolute atomic E-state index is 12.0. The molecule has 7 nitrogen and oxygen atoms in total. The molecule has 0 saturated carbocycles. The third-order valence-corrected chi connectivity index (χ3v) is 4.27. The Labute approximate surface area is 164 Å². The molecular formula is C18H14Cl2N4O3. The van der Waals surface area contributed by atoms with Gasteiger partial charge in [0.1, 0.15) is 0 Å². The van der Waals surface area contributed by atoms with Crippen molar-refractivity contribution in [3.63, 3.8) is 0 Å². The summed E-state index contributed by atoms with van der Waals surface area (Å²) in [5, 5.41) is 9.70. The Morgan fingerprint density at radius 2 is 1.63 bits per heavy atom. The summed E-state index contributed by atoms with van der Waals surface area (Å²) in [6.07, 6.45) is 0. The molecule has 9 heteroatoms. The van der Waals surface area contributed by atoms with Crippen molar-refractivity contribution in [1.29, 1.82) is 0 Å². The van der Waals surface area contributed by atoms with Crippen LogP contribution in [0.5, 0.6) is 0 Å². The van der Waals surface area contributed by atoms with Crippen molar-refractivity contribution in [1.82, 2.24) is 20.8 Å². The number of nitrogens with one attached hydrogen (secondary N) is 2. The van der Waals surface area contributed by atoms with E-state index in [4.69, 9.17) is 27.7 Å². The lowest BCUT2D eigenvalue weighted by Gasteiger charge is -2.06. The maximum atomic E-state index is 12.0. The highest BCUT2D eigenvalue weighted by Crippen LogP contribution is 2.22. The second-order valence-electron chi connectivity index (χ2n) is 5.43. The molecule has 138 valence electrons. The van der Waals surface area contributed by atoms with Crippen LogP contribution in [0.25, 0.3) is 11.4 Å². The van der Waals surface area contributed by atoms with Gasteiger partial charge < -0.3 is 15.2 Å². The summed E-state index contributed by atoms with van der Waals surface area (Å²) in [4.78, 5) is 28.1. The minimum absolute atomic E-state index is 0.148. The van der Waals surface area contributed by atoms with Gasteiger partial charge in [-0.1, -0.05) is 58.7 Å². The largest absolute Gasteiger partial charge is 0.350 e. The van der Waals surface area contributed by atoms with Crippen LogP contribution < -0.4 is 10.6 Å². The molecule has 0 fully saturated rings. The van der Waals surface area contributed by atoms with Gasteiger partial charge in [-0.3, -0.25) is 9.59 Å². The second-order valence-corrected chi connectivity index (χ2v) is 6.24. The third-order valence-electron chi connectivity index (χ3n) is 3.53. The molecule has 0 atom stereocenters. The van der Waals surface area contributed by atoms with Crippen LogP contribution in [0.15, 0.2) is 53.1 Å². The molecule has 0 bridgehead atoms. The predicted octanol–water partition coefficient (Wildman–Crippen LogP) is 3.20. The predicted molar refractivity (Wildman–Crippen MR) is 101 cm³/mol. The van der Waals surface area contributed by atoms with E-state index in [9.17, 15) is 9.59 Å². The highest BCUT2D eigenvalue weighted by Gasteiger charge is 2.15. The minimum Gasteiger partial charge on any atom is -0.350 e. The van der Waals surface area contributed by atoms with Crippen LogP contribution in [0.1, 0.15) is 21.0 Å².